The van der Waals surface area contributed by atoms with E-state index in [0.29, 0.717) is 0 Å². The minimum Gasteiger partial charge on any atom is -0.456 e. The molecule has 0 unspecified atom stereocenters. The lowest BCUT2D eigenvalue weighted by Crippen LogP contribution is -2.11. The van der Waals surface area contributed by atoms with Gasteiger partial charge >= 0.3 is 0 Å². The van der Waals surface area contributed by atoms with E-state index in [9.17, 15) is 0 Å². The molecule has 11 aromatic carbocycles. The standard InChI is InChI=1S/C58H36N2O/c1-3-14-39-32-43(25-24-37(39)12-1)46-30-31-53(48-19-8-7-18-47(46)48)60(45-28-29-49-51-34-41-16-5-6-17-42(41)35-56(51)61-57(49)36-45)55-23-11-22-54-58(55)50-20-9-10-21-52(50)59(54)44-27-26-38-13-2-4-15-40(38)33-44/h1-36H. The summed E-state index contributed by atoms with van der Waals surface area (Å²) in [5, 5.41) is 14.3. The van der Waals surface area contributed by atoms with Crippen LogP contribution in [-0.2, 0) is 0 Å². The second-order valence-corrected chi connectivity index (χ2v) is 16.1. The van der Waals surface area contributed by atoms with Crippen LogP contribution in [0.25, 0.3) is 104 Å². The van der Waals surface area contributed by atoms with Crippen molar-refractivity contribution in [3.63, 3.8) is 0 Å². The molecule has 2 aromatic heterocycles. The van der Waals surface area contributed by atoms with Crippen molar-refractivity contribution in [1.29, 1.82) is 0 Å². The van der Waals surface area contributed by atoms with Gasteiger partial charge in [0.1, 0.15) is 11.2 Å². The fourth-order valence-electron chi connectivity index (χ4n) is 9.87. The predicted octanol–water partition coefficient (Wildman–Crippen LogP) is 16.4. The van der Waals surface area contributed by atoms with Crippen LogP contribution in [0, 0.1) is 0 Å². The molecule has 3 heteroatoms. The number of aromatic nitrogens is 1. The predicted molar refractivity (Wildman–Crippen MR) is 258 cm³/mol. The third kappa shape index (κ3) is 5.24. The maximum absolute atomic E-state index is 6.75. The average Bonchev–Trinajstić information content (AvgIpc) is 3.85. The Bertz CT molecular complexity index is 3910. The van der Waals surface area contributed by atoms with Crippen molar-refractivity contribution >= 4 is 104 Å². The molecule has 0 amide bonds. The minimum atomic E-state index is 0.857. The van der Waals surface area contributed by atoms with Crippen molar-refractivity contribution in [3.05, 3.63) is 218 Å². The molecule has 0 aliphatic rings. The monoisotopic (exact) mass is 776 g/mol. The second-order valence-electron chi connectivity index (χ2n) is 16.1. The molecule has 3 nitrogen and oxygen atoms in total. The quantitative estimate of drug-likeness (QED) is 0.174. The van der Waals surface area contributed by atoms with Crippen molar-refractivity contribution in [1.82, 2.24) is 4.57 Å². The first-order chi connectivity index (χ1) is 30.2. The van der Waals surface area contributed by atoms with Gasteiger partial charge in [0.15, 0.2) is 0 Å². The summed E-state index contributed by atoms with van der Waals surface area (Å²) in [5.41, 5.74) is 10.8. The highest BCUT2D eigenvalue weighted by Crippen LogP contribution is 2.48. The van der Waals surface area contributed by atoms with E-state index in [1.807, 2.05) is 0 Å². The van der Waals surface area contributed by atoms with E-state index < -0.39 is 0 Å². The molecule has 0 atom stereocenters. The van der Waals surface area contributed by atoms with E-state index in [0.717, 1.165) is 55.7 Å². The molecule has 0 bridgehead atoms. The Hall–Kier alpha value is -8.14. The van der Waals surface area contributed by atoms with Crippen LogP contribution in [0.15, 0.2) is 223 Å². The Morgan fingerprint density at radius 2 is 0.967 bits per heavy atom. The van der Waals surface area contributed by atoms with Crippen LogP contribution in [0.5, 0.6) is 0 Å². The zero-order valence-corrected chi connectivity index (χ0v) is 33.1. The number of rotatable bonds is 5. The Balaban J connectivity index is 1.09. The van der Waals surface area contributed by atoms with Gasteiger partial charge in [-0.15, -0.1) is 0 Å². The third-order valence-electron chi connectivity index (χ3n) is 12.7. The summed E-state index contributed by atoms with van der Waals surface area (Å²) in [6.45, 7) is 0. The van der Waals surface area contributed by atoms with Crippen molar-refractivity contribution < 1.29 is 4.42 Å². The van der Waals surface area contributed by atoms with Gasteiger partial charge in [-0.1, -0.05) is 146 Å². The van der Waals surface area contributed by atoms with Gasteiger partial charge < -0.3 is 13.9 Å². The first kappa shape index (κ1) is 33.8. The van der Waals surface area contributed by atoms with Gasteiger partial charge in [-0.05, 0) is 116 Å². The Morgan fingerprint density at radius 3 is 1.77 bits per heavy atom. The summed E-state index contributed by atoms with van der Waals surface area (Å²) in [6.07, 6.45) is 0. The highest BCUT2D eigenvalue weighted by Gasteiger charge is 2.24. The molecule has 0 aliphatic carbocycles. The van der Waals surface area contributed by atoms with Gasteiger partial charge in [0, 0.05) is 44.4 Å². The van der Waals surface area contributed by atoms with Gasteiger partial charge in [0.2, 0.25) is 0 Å². The molecule has 0 saturated heterocycles. The molecule has 0 N–H and O–H groups in total. The highest BCUT2D eigenvalue weighted by atomic mass is 16.3. The lowest BCUT2D eigenvalue weighted by Gasteiger charge is -2.28. The van der Waals surface area contributed by atoms with E-state index in [-0.39, 0.29) is 0 Å². The summed E-state index contributed by atoms with van der Waals surface area (Å²) in [7, 11) is 0. The maximum Gasteiger partial charge on any atom is 0.137 e. The number of anilines is 3. The molecule has 0 fully saturated rings. The Kier molecular flexibility index (Phi) is 7.31. The molecular weight excluding hydrogens is 741 g/mol. The summed E-state index contributed by atoms with van der Waals surface area (Å²) in [4.78, 5) is 2.45. The molecule has 0 saturated carbocycles. The highest BCUT2D eigenvalue weighted by molar-refractivity contribution is 6.19. The normalized spacial score (nSPS) is 11.9. The first-order valence-electron chi connectivity index (χ1n) is 20.9. The Labute approximate surface area is 351 Å². The van der Waals surface area contributed by atoms with Gasteiger partial charge in [-0.2, -0.15) is 0 Å². The van der Waals surface area contributed by atoms with Crippen LogP contribution in [0.2, 0.25) is 0 Å². The lowest BCUT2D eigenvalue weighted by molar-refractivity contribution is 0.669. The Morgan fingerprint density at radius 1 is 0.344 bits per heavy atom. The molecule has 61 heavy (non-hydrogen) atoms. The molecule has 0 radical (unpaired) electrons. The number of fused-ring (bicyclic) bond motifs is 10. The number of furan rings is 1. The number of para-hydroxylation sites is 1. The van der Waals surface area contributed by atoms with Crippen LogP contribution in [0.1, 0.15) is 0 Å². The van der Waals surface area contributed by atoms with E-state index in [1.165, 1.54) is 65.0 Å². The van der Waals surface area contributed by atoms with Crippen molar-refractivity contribution in [2.24, 2.45) is 0 Å². The van der Waals surface area contributed by atoms with Crippen LogP contribution in [0.3, 0.4) is 0 Å². The molecular formula is C58H36N2O. The summed E-state index contributed by atoms with van der Waals surface area (Å²) < 4.78 is 9.17. The molecule has 284 valence electrons. The third-order valence-corrected chi connectivity index (χ3v) is 12.7. The molecule has 2 heterocycles. The summed E-state index contributed by atoms with van der Waals surface area (Å²) in [5.74, 6) is 0. The van der Waals surface area contributed by atoms with Crippen molar-refractivity contribution in [2.75, 3.05) is 4.90 Å². The first-order valence-corrected chi connectivity index (χ1v) is 20.9. The fraction of sp³-hybridized carbons (Fsp3) is 0. The van der Waals surface area contributed by atoms with Crippen LogP contribution in [0.4, 0.5) is 17.1 Å². The summed E-state index contributed by atoms with van der Waals surface area (Å²) in [6, 6.07) is 79.5. The number of nitrogens with zero attached hydrogens (tertiary/aromatic N) is 2. The topological polar surface area (TPSA) is 21.3 Å². The maximum atomic E-state index is 6.75. The fourth-order valence-corrected chi connectivity index (χ4v) is 9.87. The van der Waals surface area contributed by atoms with E-state index in [2.05, 4.69) is 228 Å². The van der Waals surface area contributed by atoms with Gasteiger partial charge in [0.25, 0.3) is 0 Å². The zero-order valence-electron chi connectivity index (χ0n) is 33.1. The number of hydrogen-bond acceptors (Lipinski definition) is 2. The molecule has 0 spiro atoms. The zero-order chi connectivity index (χ0) is 40.0. The average molecular weight is 777 g/mol. The SMILES string of the molecule is c1ccc2cc(-c3ccc(N(c4ccc5c(c4)oc4cc6ccccc6cc45)c4cccc5c4c4ccccc4n5-c4ccc5ccccc5c4)c4ccccc34)ccc2c1. The van der Waals surface area contributed by atoms with Gasteiger partial charge in [-0.3, -0.25) is 0 Å². The largest absolute Gasteiger partial charge is 0.456 e. The van der Waals surface area contributed by atoms with E-state index in [1.54, 1.807) is 0 Å². The van der Waals surface area contributed by atoms with Crippen molar-refractivity contribution in [3.8, 4) is 16.8 Å². The van der Waals surface area contributed by atoms with E-state index >= 15 is 0 Å². The minimum absolute atomic E-state index is 0.857. The number of benzene rings is 11. The molecule has 0 aliphatic heterocycles. The van der Waals surface area contributed by atoms with Gasteiger partial charge in [-0.25, -0.2) is 0 Å². The molecule has 13 rings (SSSR count). The lowest BCUT2D eigenvalue weighted by atomic mass is 9.94. The van der Waals surface area contributed by atoms with E-state index in [4.69, 9.17) is 4.42 Å². The van der Waals surface area contributed by atoms with Crippen LogP contribution < -0.4 is 4.90 Å². The molecule has 13 aromatic rings. The summed E-state index contributed by atoms with van der Waals surface area (Å²) >= 11 is 0. The smallest absolute Gasteiger partial charge is 0.137 e. The number of hydrogen-bond donors (Lipinski definition) is 0. The van der Waals surface area contributed by atoms with Crippen molar-refractivity contribution in [2.45, 2.75) is 0 Å². The van der Waals surface area contributed by atoms with Gasteiger partial charge in [0.05, 0.1) is 22.4 Å². The van der Waals surface area contributed by atoms with Crippen LogP contribution in [-0.4, -0.2) is 4.57 Å². The second kappa shape index (κ2) is 13.2. The van der Waals surface area contributed by atoms with Crippen LogP contribution >= 0.6 is 0 Å².